The number of rotatable bonds is 4. The molecule has 0 atom stereocenters. The highest BCUT2D eigenvalue weighted by atomic mass is 32.1. The van der Waals surface area contributed by atoms with Gasteiger partial charge in [0.15, 0.2) is 5.82 Å². The molecule has 1 aliphatic rings. The van der Waals surface area contributed by atoms with Gasteiger partial charge in [-0.25, -0.2) is 9.97 Å². The number of thiophene rings is 1. The quantitative estimate of drug-likeness (QED) is 0.940. The maximum Gasteiger partial charge on any atom is 0.164 e. The summed E-state index contributed by atoms with van der Waals surface area (Å²) in [5.41, 5.74) is -0.412. The zero-order chi connectivity index (χ0) is 14.9. The second-order valence-electron chi connectivity index (χ2n) is 5.26. The van der Waals surface area contributed by atoms with Gasteiger partial charge in [0.25, 0.3) is 0 Å². The largest absolute Gasteiger partial charge is 0.381 e. The van der Waals surface area contributed by atoms with Gasteiger partial charge in [0, 0.05) is 44.6 Å². The van der Waals surface area contributed by atoms with E-state index in [0.29, 0.717) is 19.8 Å². The summed E-state index contributed by atoms with van der Waals surface area (Å²) in [6.45, 7) is 6.15. The molecular weight excluding hydrogens is 286 g/mol. The van der Waals surface area contributed by atoms with Crippen LogP contribution >= 0.6 is 11.3 Å². The highest BCUT2D eigenvalue weighted by Gasteiger charge is 2.38. The molecular formula is C15H21N3O2S. The first kappa shape index (κ1) is 14.7. The minimum absolute atomic E-state index is 0.412. The summed E-state index contributed by atoms with van der Waals surface area (Å²) in [4.78, 5) is 11.8. The molecule has 1 fully saturated rings. The molecule has 6 heteroatoms. The van der Waals surface area contributed by atoms with Crippen molar-refractivity contribution in [3.8, 4) is 0 Å². The van der Waals surface area contributed by atoms with E-state index in [-0.39, 0.29) is 0 Å². The molecule has 0 unspecified atom stereocenters. The van der Waals surface area contributed by atoms with Gasteiger partial charge in [-0.1, -0.05) is 0 Å². The minimum Gasteiger partial charge on any atom is -0.381 e. The first-order valence-corrected chi connectivity index (χ1v) is 8.18. The van der Waals surface area contributed by atoms with E-state index < -0.39 is 5.60 Å². The summed E-state index contributed by atoms with van der Waals surface area (Å²) in [6.07, 6.45) is 1.61. The van der Waals surface area contributed by atoms with E-state index >= 15 is 0 Å². The predicted octanol–water partition coefficient (Wildman–Crippen LogP) is 3.08. The van der Waals surface area contributed by atoms with Crippen LogP contribution in [0.5, 0.6) is 0 Å². The molecule has 2 aromatic heterocycles. The number of aryl methyl sites for hydroxylation is 1. The van der Waals surface area contributed by atoms with Crippen LogP contribution in [-0.2, 0) is 15.1 Å². The average molecular weight is 307 g/mol. The monoisotopic (exact) mass is 307 g/mol. The van der Waals surface area contributed by atoms with Crippen molar-refractivity contribution in [2.45, 2.75) is 32.3 Å². The van der Waals surface area contributed by atoms with Gasteiger partial charge in [0.2, 0.25) is 0 Å². The third kappa shape index (κ3) is 2.63. The van der Waals surface area contributed by atoms with Crippen molar-refractivity contribution >= 4 is 27.4 Å². The van der Waals surface area contributed by atoms with Gasteiger partial charge in [-0.05, 0) is 19.9 Å². The van der Waals surface area contributed by atoms with Crippen LogP contribution in [0.15, 0.2) is 6.07 Å². The van der Waals surface area contributed by atoms with E-state index in [1.54, 1.807) is 11.3 Å². The molecule has 0 bridgehead atoms. The van der Waals surface area contributed by atoms with E-state index in [2.05, 4.69) is 18.3 Å². The molecule has 114 valence electrons. The van der Waals surface area contributed by atoms with Gasteiger partial charge < -0.3 is 14.8 Å². The molecule has 1 saturated heterocycles. The van der Waals surface area contributed by atoms with Crippen LogP contribution in [0.3, 0.4) is 0 Å². The second kappa shape index (κ2) is 5.87. The number of nitrogens with zero attached hydrogens (tertiary/aromatic N) is 2. The highest BCUT2D eigenvalue weighted by Crippen LogP contribution is 2.37. The van der Waals surface area contributed by atoms with Crippen molar-refractivity contribution in [1.29, 1.82) is 0 Å². The van der Waals surface area contributed by atoms with Gasteiger partial charge in [-0.3, -0.25) is 0 Å². The first-order chi connectivity index (χ1) is 10.2. The van der Waals surface area contributed by atoms with Crippen LogP contribution in [0.4, 0.5) is 5.82 Å². The van der Waals surface area contributed by atoms with Crippen LogP contribution < -0.4 is 5.32 Å². The van der Waals surface area contributed by atoms with Crippen molar-refractivity contribution in [3.63, 3.8) is 0 Å². The Morgan fingerprint density at radius 2 is 2.14 bits per heavy atom. The predicted molar refractivity (Wildman–Crippen MR) is 85.1 cm³/mol. The summed E-state index contributed by atoms with van der Waals surface area (Å²) in [5, 5.41) is 4.28. The Bertz CT molecular complexity index is 630. The molecule has 1 N–H and O–H groups in total. The number of hydrogen-bond acceptors (Lipinski definition) is 6. The molecule has 0 aliphatic carbocycles. The fraction of sp³-hybridized carbons (Fsp3) is 0.600. The molecule has 0 spiro atoms. The smallest absolute Gasteiger partial charge is 0.164 e. The number of fused-ring (bicyclic) bond motifs is 1. The molecule has 5 nitrogen and oxygen atoms in total. The summed E-state index contributed by atoms with van der Waals surface area (Å²) in [6, 6.07) is 2.13. The zero-order valence-electron chi connectivity index (χ0n) is 12.7. The lowest BCUT2D eigenvalue weighted by Crippen LogP contribution is -2.38. The van der Waals surface area contributed by atoms with Crippen molar-refractivity contribution in [2.75, 3.05) is 32.2 Å². The van der Waals surface area contributed by atoms with Gasteiger partial charge >= 0.3 is 0 Å². The van der Waals surface area contributed by atoms with E-state index in [1.807, 2.05) is 14.0 Å². The van der Waals surface area contributed by atoms with Gasteiger partial charge in [0.1, 0.15) is 16.2 Å². The SMILES string of the molecule is CCOC1(c2nc(NC)c3cc(C)sc3n2)CCOCC1. The topological polar surface area (TPSA) is 56.3 Å². The van der Waals surface area contributed by atoms with E-state index in [4.69, 9.17) is 19.4 Å². The lowest BCUT2D eigenvalue weighted by molar-refractivity contribution is -0.117. The first-order valence-electron chi connectivity index (χ1n) is 7.36. The number of ether oxygens (including phenoxy) is 2. The van der Waals surface area contributed by atoms with Crippen molar-refractivity contribution in [2.24, 2.45) is 0 Å². The zero-order valence-corrected chi connectivity index (χ0v) is 13.5. The van der Waals surface area contributed by atoms with Crippen molar-refractivity contribution < 1.29 is 9.47 Å². The minimum atomic E-state index is -0.412. The third-order valence-electron chi connectivity index (χ3n) is 3.88. The molecule has 3 rings (SSSR count). The number of nitrogens with one attached hydrogen (secondary N) is 1. The Hall–Kier alpha value is -1.24. The second-order valence-corrected chi connectivity index (χ2v) is 6.50. The average Bonchev–Trinajstić information content (AvgIpc) is 2.87. The van der Waals surface area contributed by atoms with Crippen molar-refractivity contribution in [3.05, 3.63) is 16.8 Å². The summed E-state index contributed by atoms with van der Waals surface area (Å²) < 4.78 is 11.6. The molecule has 0 aromatic carbocycles. The summed E-state index contributed by atoms with van der Waals surface area (Å²) in [5.74, 6) is 1.66. The fourth-order valence-corrected chi connectivity index (χ4v) is 3.73. The number of anilines is 1. The lowest BCUT2D eigenvalue weighted by Gasteiger charge is -2.35. The molecule has 21 heavy (non-hydrogen) atoms. The molecule has 3 heterocycles. The Balaban J connectivity index is 2.12. The number of aromatic nitrogens is 2. The normalized spacial score (nSPS) is 18.0. The van der Waals surface area contributed by atoms with Crippen LogP contribution in [0, 0.1) is 6.92 Å². The maximum absolute atomic E-state index is 6.08. The molecule has 0 amide bonds. The van der Waals surface area contributed by atoms with E-state index in [9.17, 15) is 0 Å². The molecule has 0 saturated carbocycles. The van der Waals surface area contributed by atoms with Crippen LogP contribution in [-0.4, -0.2) is 36.8 Å². The maximum atomic E-state index is 6.08. The van der Waals surface area contributed by atoms with Crippen LogP contribution in [0.25, 0.3) is 10.2 Å². The molecule has 0 radical (unpaired) electrons. The highest BCUT2D eigenvalue weighted by molar-refractivity contribution is 7.18. The Morgan fingerprint density at radius 3 is 2.81 bits per heavy atom. The Labute approximate surface area is 128 Å². The standard InChI is InChI=1S/C15H21N3O2S/c1-4-20-15(5-7-19-8-6-15)14-17-12(16-3)11-9-10(2)21-13(11)18-14/h9H,4-8H2,1-3H3,(H,16,17,18). The van der Waals surface area contributed by atoms with Gasteiger partial charge in [0.05, 0.1) is 5.39 Å². The summed E-state index contributed by atoms with van der Waals surface area (Å²) >= 11 is 1.70. The third-order valence-corrected chi connectivity index (χ3v) is 4.83. The van der Waals surface area contributed by atoms with E-state index in [0.717, 1.165) is 34.7 Å². The molecule has 2 aromatic rings. The Morgan fingerprint density at radius 1 is 1.38 bits per heavy atom. The van der Waals surface area contributed by atoms with Crippen LogP contribution in [0.1, 0.15) is 30.5 Å². The summed E-state index contributed by atoms with van der Waals surface area (Å²) in [7, 11) is 1.90. The fourth-order valence-electron chi connectivity index (χ4n) is 2.85. The lowest BCUT2D eigenvalue weighted by atomic mass is 9.93. The molecule has 1 aliphatic heterocycles. The number of hydrogen-bond donors (Lipinski definition) is 1. The Kier molecular flexibility index (Phi) is 4.10. The van der Waals surface area contributed by atoms with E-state index in [1.165, 1.54) is 4.88 Å². The van der Waals surface area contributed by atoms with Crippen molar-refractivity contribution in [1.82, 2.24) is 9.97 Å². The van der Waals surface area contributed by atoms with Gasteiger partial charge in [-0.15, -0.1) is 11.3 Å². The van der Waals surface area contributed by atoms with Gasteiger partial charge in [-0.2, -0.15) is 0 Å². The van der Waals surface area contributed by atoms with Crippen LogP contribution in [0.2, 0.25) is 0 Å².